The number of hydrogen-bond donors (Lipinski definition) is 0. The fraction of sp³-hybridized carbons (Fsp3) is 0.500. The van der Waals surface area contributed by atoms with Crippen molar-refractivity contribution < 1.29 is 9.59 Å². The van der Waals surface area contributed by atoms with Crippen molar-refractivity contribution in [2.45, 2.75) is 0 Å². The van der Waals surface area contributed by atoms with Crippen LogP contribution in [0.25, 0.3) is 0 Å². The van der Waals surface area contributed by atoms with E-state index in [0.29, 0.717) is 0 Å². The summed E-state index contributed by atoms with van der Waals surface area (Å²) in [6.07, 6.45) is 2.50. The number of hydrogen-bond acceptors (Lipinski definition) is 2. The monoisotopic (exact) mass is 170 g/mol. The molecule has 0 radical (unpaired) electrons. The van der Waals surface area contributed by atoms with Gasteiger partial charge in [0.1, 0.15) is 0 Å². The Morgan fingerprint density at radius 2 is 1.08 bits per heavy atom. The molecular weight excluding hydrogens is 156 g/mol. The zero-order valence-corrected chi connectivity index (χ0v) is 7.87. The molecule has 0 aliphatic heterocycles. The number of nitrogens with zero attached hydrogens (tertiary/aromatic N) is 2. The van der Waals surface area contributed by atoms with Crippen molar-refractivity contribution in [3.05, 3.63) is 12.2 Å². The van der Waals surface area contributed by atoms with Crippen molar-refractivity contribution in [2.75, 3.05) is 28.2 Å². The molecular formula is C8H14N2O2. The first kappa shape index (κ1) is 10.7. The Morgan fingerprint density at radius 3 is 1.25 bits per heavy atom. The van der Waals surface area contributed by atoms with Crippen LogP contribution in [-0.4, -0.2) is 49.8 Å². The lowest BCUT2D eigenvalue weighted by Gasteiger charge is -2.07. The lowest BCUT2D eigenvalue weighted by molar-refractivity contribution is -0.125. The molecule has 0 saturated carbocycles. The third-order valence-corrected chi connectivity index (χ3v) is 1.25. The van der Waals surface area contributed by atoms with Gasteiger partial charge >= 0.3 is 0 Å². The summed E-state index contributed by atoms with van der Waals surface area (Å²) < 4.78 is 0. The van der Waals surface area contributed by atoms with Gasteiger partial charge in [-0.05, 0) is 0 Å². The summed E-state index contributed by atoms with van der Waals surface area (Å²) >= 11 is 0. The van der Waals surface area contributed by atoms with Gasteiger partial charge in [0.25, 0.3) is 0 Å². The van der Waals surface area contributed by atoms with Gasteiger partial charge in [0.05, 0.1) is 0 Å². The van der Waals surface area contributed by atoms with E-state index in [4.69, 9.17) is 0 Å². The van der Waals surface area contributed by atoms with E-state index in [1.54, 1.807) is 28.2 Å². The smallest absolute Gasteiger partial charge is 0.246 e. The SMILES string of the molecule is CN(C)C(=O)/C=C\C(=O)N(C)C. The number of carbonyl (C=O) groups excluding carboxylic acids is 2. The lowest BCUT2D eigenvalue weighted by atomic mass is 10.4. The summed E-state index contributed by atoms with van der Waals surface area (Å²) in [7, 11) is 6.53. The van der Waals surface area contributed by atoms with Crippen LogP contribution >= 0.6 is 0 Å². The molecule has 2 amide bonds. The average Bonchev–Trinajstić information content (AvgIpc) is 1.98. The van der Waals surface area contributed by atoms with Crippen molar-refractivity contribution in [3.63, 3.8) is 0 Å². The van der Waals surface area contributed by atoms with Gasteiger partial charge in [0.15, 0.2) is 0 Å². The van der Waals surface area contributed by atoms with Crippen molar-refractivity contribution in [3.8, 4) is 0 Å². The molecule has 0 aromatic heterocycles. The molecule has 0 bridgehead atoms. The van der Waals surface area contributed by atoms with Crippen LogP contribution < -0.4 is 0 Å². The summed E-state index contributed by atoms with van der Waals surface area (Å²) in [5, 5.41) is 0. The molecule has 4 nitrogen and oxygen atoms in total. The highest BCUT2D eigenvalue weighted by molar-refractivity contribution is 5.96. The normalized spacial score (nSPS) is 10.0. The molecule has 0 heterocycles. The fourth-order valence-corrected chi connectivity index (χ4v) is 0.441. The molecule has 0 saturated heterocycles. The van der Waals surface area contributed by atoms with Gasteiger partial charge in [-0.3, -0.25) is 9.59 Å². The van der Waals surface area contributed by atoms with Crippen molar-refractivity contribution in [1.29, 1.82) is 0 Å². The van der Waals surface area contributed by atoms with Crippen LogP contribution in [0.4, 0.5) is 0 Å². The van der Waals surface area contributed by atoms with E-state index in [9.17, 15) is 9.59 Å². The molecule has 0 N–H and O–H groups in total. The predicted octanol–water partition coefficient (Wildman–Crippen LogP) is -0.281. The minimum atomic E-state index is -0.190. The first-order valence-corrected chi connectivity index (χ1v) is 3.55. The van der Waals surface area contributed by atoms with Gasteiger partial charge in [-0.15, -0.1) is 0 Å². The van der Waals surface area contributed by atoms with E-state index >= 15 is 0 Å². The van der Waals surface area contributed by atoms with E-state index in [1.807, 2.05) is 0 Å². The predicted molar refractivity (Wildman–Crippen MR) is 46.5 cm³/mol. The third kappa shape index (κ3) is 3.75. The first-order chi connectivity index (χ1) is 5.45. The number of carbonyl (C=O) groups is 2. The molecule has 0 aromatic rings. The van der Waals surface area contributed by atoms with E-state index in [0.717, 1.165) is 0 Å². The van der Waals surface area contributed by atoms with Crippen LogP contribution in [0.3, 0.4) is 0 Å². The topological polar surface area (TPSA) is 40.6 Å². The highest BCUT2D eigenvalue weighted by Gasteiger charge is 2.00. The zero-order valence-electron chi connectivity index (χ0n) is 7.87. The van der Waals surface area contributed by atoms with Crippen LogP contribution in [0.1, 0.15) is 0 Å². The van der Waals surface area contributed by atoms with E-state index in [1.165, 1.54) is 22.0 Å². The standard InChI is InChI=1S/C8H14N2O2/c1-9(2)7(11)5-6-8(12)10(3)4/h5-6H,1-4H3/b6-5-. The molecule has 0 fully saturated rings. The highest BCUT2D eigenvalue weighted by Crippen LogP contribution is 1.85. The maximum atomic E-state index is 10.9. The second kappa shape index (κ2) is 4.54. The minimum absolute atomic E-state index is 0.190. The summed E-state index contributed by atoms with van der Waals surface area (Å²) in [4.78, 5) is 24.7. The molecule has 12 heavy (non-hydrogen) atoms. The van der Waals surface area contributed by atoms with Crippen LogP contribution in [0.2, 0.25) is 0 Å². The Hall–Kier alpha value is -1.32. The summed E-state index contributed by atoms with van der Waals surface area (Å²) in [6.45, 7) is 0. The Morgan fingerprint density at radius 1 is 0.833 bits per heavy atom. The van der Waals surface area contributed by atoms with E-state index < -0.39 is 0 Å². The second-order valence-electron chi connectivity index (χ2n) is 2.80. The maximum Gasteiger partial charge on any atom is 0.246 e. The molecule has 0 aliphatic carbocycles. The molecule has 0 spiro atoms. The number of amides is 2. The largest absolute Gasteiger partial charge is 0.345 e. The summed E-state index contributed by atoms with van der Waals surface area (Å²) in [5.41, 5.74) is 0. The van der Waals surface area contributed by atoms with Crippen LogP contribution in [0.15, 0.2) is 12.2 Å². The Labute approximate surface area is 72.4 Å². The quantitative estimate of drug-likeness (QED) is 0.535. The molecule has 0 aliphatic rings. The van der Waals surface area contributed by atoms with Gasteiger partial charge in [0.2, 0.25) is 11.8 Å². The number of rotatable bonds is 2. The second-order valence-corrected chi connectivity index (χ2v) is 2.80. The van der Waals surface area contributed by atoms with Gasteiger partial charge in [-0.2, -0.15) is 0 Å². The molecule has 0 unspecified atom stereocenters. The third-order valence-electron chi connectivity index (χ3n) is 1.25. The Balaban J connectivity index is 4.08. The average molecular weight is 170 g/mol. The van der Waals surface area contributed by atoms with Gasteiger partial charge in [-0.25, -0.2) is 0 Å². The van der Waals surface area contributed by atoms with Crippen LogP contribution in [0, 0.1) is 0 Å². The number of likely N-dealkylation sites (N-methyl/N-ethyl adjacent to an activating group) is 2. The van der Waals surface area contributed by atoms with Crippen molar-refractivity contribution in [2.24, 2.45) is 0 Å². The summed E-state index contributed by atoms with van der Waals surface area (Å²) in [5.74, 6) is -0.379. The van der Waals surface area contributed by atoms with E-state index in [2.05, 4.69) is 0 Å². The van der Waals surface area contributed by atoms with Crippen LogP contribution in [0.5, 0.6) is 0 Å². The van der Waals surface area contributed by atoms with Crippen LogP contribution in [-0.2, 0) is 9.59 Å². The highest BCUT2D eigenvalue weighted by atomic mass is 16.2. The lowest BCUT2D eigenvalue weighted by Crippen LogP contribution is -2.22. The van der Waals surface area contributed by atoms with Gasteiger partial charge in [-0.1, -0.05) is 0 Å². The Bertz CT molecular complexity index is 185. The first-order valence-electron chi connectivity index (χ1n) is 3.55. The maximum absolute atomic E-state index is 10.9. The summed E-state index contributed by atoms with van der Waals surface area (Å²) in [6, 6.07) is 0. The molecule has 0 aromatic carbocycles. The zero-order chi connectivity index (χ0) is 9.72. The minimum Gasteiger partial charge on any atom is -0.345 e. The van der Waals surface area contributed by atoms with Crippen molar-refractivity contribution in [1.82, 2.24) is 9.80 Å². The molecule has 0 atom stereocenters. The van der Waals surface area contributed by atoms with Crippen molar-refractivity contribution >= 4 is 11.8 Å². The van der Waals surface area contributed by atoms with E-state index in [-0.39, 0.29) is 11.8 Å². The van der Waals surface area contributed by atoms with Gasteiger partial charge in [0, 0.05) is 40.3 Å². The van der Waals surface area contributed by atoms with Gasteiger partial charge < -0.3 is 9.80 Å². The molecule has 68 valence electrons. The Kier molecular flexibility index (Phi) is 4.04. The molecule has 4 heteroatoms. The fourth-order valence-electron chi connectivity index (χ4n) is 0.441. The molecule has 0 rings (SSSR count).